The highest BCUT2D eigenvalue weighted by Gasteiger charge is 2.30. The van der Waals surface area contributed by atoms with E-state index in [-0.39, 0.29) is 6.04 Å². The van der Waals surface area contributed by atoms with Gasteiger partial charge in [0.2, 0.25) is 0 Å². The first-order chi connectivity index (χ1) is 8.54. The van der Waals surface area contributed by atoms with Gasteiger partial charge >= 0.3 is 0 Å². The number of hydrogen-bond donors (Lipinski definition) is 1. The SMILES string of the molecule is CC(NCC(C)(C)S(C)(=O)=O)c1ccc(Br)cc1Cl. The lowest BCUT2D eigenvalue weighted by molar-refractivity contribution is 0.489. The van der Waals surface area contributed by atoms with E-state index in [0.29, 0.717) is 11.6 Å². The monoisotopic (exact) mass is 367 g/mol. The quantitative estimate of drug-likeness (QED) is 0.864. The number of nitrogens with one attached hydrogen (secondary N) is 1. The molecule has 0 amide bonds. The number of sulfone groups is 1. The Labute approximate surface area is 128 Å². The molecule has 6 heteroatoms. The zero-order chi connectivity index (χ0) is 14.8. The van der Waals surface area contributed by atoms with Crippen molar-refractivity contribution in [3.63, 3.8) is 0 Å². The van der Waals surface area contributed by atoms with E-state index in [1.807, 2.05) is 25.1 Å². The van der Waals surface area contributed by atoms with Gasteiger partial charge < -0.3 is 5.32 Å². The molecule has 0 aliphatic rings. The Balaban J connectivity index is 2.79. The first-order valence-electron chi connectivity index (χ1n) is 5.92. The summed E-state index contributed by atoms with van der Waals surface area (Å²) in [5.41, 5.74) is 0.953. The smallest absolute Gasteiger partial charge is 0.153 e. The van der Waals surface area contributed by atoms with Crippen molar-refractivity contribution >= 4 is 37.4 Å². The molecule has 0 aliphatic carbocycles. The average molecular weight is 369 g/mol. The van der Waals surface area contributed by atoms with E-state index in [4.69, 9.17) is 11.6 Å². The van der Waals surface area contributed by atoms with Gasteiger partial charge in [-0.05, 0) is 38.5 Å². The largest absolute Gasteiger partial charge is 0.309 e. The second kappa shape index (κ2) is 6.12. The molecule has 0 radical (unpaired) electrons. The summed E-state index contributed by atoms with van der Waals surface area (Å²) in [6.07, 6.45) is 1.26. The maximum absolute atomic E-state index is 11.6. The van der Waals surface area contributed by atoms with E-state index in [9.17, 15) is 8.42 Å². The van der Waals surface area contributed by atoms with Gasteiger partial charge in [-0.1, -0.05) is 33.6 Å². The second-order valence-corrected chi connectivity index (χ2v) is 9.27. The summed E-state index contributed by atoms with van der Waals surface area (Å²) in [4.78, 5) is 0. The van der Waals surface area contributed by atoms with Gasteiger partial charge in [-0.25, -0.2) is 8.42 Å². The van der Waals surface area contributed by atoms with E-state index in [0.717, 1.165) is 10.0 Å². The molecule has 1 aromatic carbocycles. The van der Waals surface area contributed by atoms with Crippen LogP contribution in [-0.4, -0.2) is 26.0 Å². The van der Waals surface area contributed by atoms with Gasteiger partial charge in [0, 0.05) is 28.3 Å². The summed E-state index contributed by atoms with van der Waals surface area (Å²) < 4.78 is 23.4. The molecular formula is C13H19BrClNO2S. The van der Waals surface area contributed by atoms with E-state index in [1.165, 1.54) is 6.26 Å². The lowest BCUT2D eigenvalue weighted by Crippen LogP contribution is -2.42. The Morgan fingerprint density at radius 3 is 2.47 bits per heavy atom. The normalized spacial score (nSPS) is 14.4. The van der Waals surface area contributed by atoms with Crippen LogP contribution in [0.5, 0.6) is 0 Å². The number of rotatable bonds is 5. The highest BCUT2D eigenvalue weighted by molar-refractivity contribution is 9.10. The maximum Gasteiger partial charge on any atom is 0.153 e. The first-order valence-corrected chi connectivity index (χ1v) is 8.99. The summed E-state index contributed by atoms with van der Waals surface area (Å²) in [6, 6.07) is 5.66. The molecule has 1 N–H and O–H groups in total. The van der Waals surface area contributed by atoms with Crippen LogP contribution in [0.3, 0.4) is 0 Å². The fourth-order valence-corrected chi connectivity index (χ4v) is 2.68. The molecule has 19 heavy (non-hydrogen) atoms. The zero-order valence-corrected chi connectivity index (χ0v) is 14.7. The summed E-state index contributed by atoms with van der Waals surface area (Å²) in [7, 11) is -3.10. The van der Waals surface area contributed by atoms with E-state index in [1.54, 1.807) is 13.8 Å². The van der Waals surface area contributed by atoms with Crippen molar-refractivity contribution < 1.29 is 8.42 Å². The van der Waals surface area contributed by atoms with E-state index < -0.39 is 14.6 Å². The molecule has 1 unspecified atom stereocenters. The van der Waals surface area contributed by atoms with Crippen molar-refractivity contribution in [2.45, 2.75) is 31.6 Å². The standard InChI is InChI=1S/C13H19BrClNO2S/c1-9(11-6-5-10(14)7-12(11)15)16-8-13(2,3)19(4,17)18/h5-7,9,16H,8H2,1-4H3. The third kappa shape index (κ3) is 4.45. The van der Waals surface area contributed by atoms with Crippen LogP contribution in [0.15, 0.2) is 22.7 Å². The lowest BCUT2D eigenvalue weighted by Gasteiger charge is -2.26. The third-order valence-corrected chi connectivity index (χ3v) is 6.24. The average Bonchev–Trinajstić information content (AvgIpc) is 2.24. The molecule has 0 heterocycles. The zero-order valence-electron chi connectivity index (χ0n) is 11.5. The maximum atomic E-state index is 11.6. The van der Waals surface area contributed by atoms with E-state index >= 15 is 0 Å². The number of benzene rings is 1. The Morgan fingerprint density at radius 2 is 2.00 bits per heavy atom. The van der Waals surface area contributed by atoms with Crippen LogP contribution in [0.4, 0.5) is 0 Å². The Kier molecular flexibility index (Phi) is 5.46. The van der Waals surface area contributed by atoms with Crippen LogP contribution in [0.25, 0.3) is 0 Å². The van der Waals surface area contributed by atoms with Crippen molar-refractivity contribution in [1.29, 1.82) is 0 Å². The highest BCUT2D eigenvalue weighted by Crippen LogP contribution is 2.27. The Bertz CT molecular complexity index is 558. The van der Waals surface area contributed by atoms with Gasteiger partial charge in [0.05, 0.1) is 4.75 Å². The number of hydrogen-bond acceptors (Lipinski definition) is 3. The fraction of sp³-hybridized carbons (Fsp3) is 0.538. The molecule has 1 rings (SSSR count). The summed E-state index contributed by atoms with van der Waals surface area (Å²) in [5, 5.41) is 3.89. The summed E-state index contributed by atoms with van der Waals surface area (Å²) >= 11 is 9.53. The van der Waals surface area contributed by atoms with Crippen molar-refractivity contribution in [3.05, 3.63) is 33.3 Å². The predicted molar refractivity (Wildman–Crippen MR) is 84.5 cm³/mol. The van der Waals surface area contributed by atoms with Crippen LogP contribution in [0.1, 0.15) is 32.4 Å². The molecule has 0 aromatic heterocycles. The van der Waals surface area contributed by atoms with Crippen molar-refractivity contribution in [1.82, 2.24) is 5.32 Å². The van der Waals surface area contributed by atoms with Crippen LogP contribution >= 0.6 is 27.5 Å². The van der Waals surface area contributed by atoms with Gasteiger partial charge in [-0.15, -0.1) is 0 Å². The van der Waals surface area contributed by atoms with Gasteiger partial charge in [0.1, 0.15) is 0 Å². The minimum Gasteiger partial charge on any atom is -0.309 e. The molecule has 0 spiro atoms. The van der Waals surface area contributed by atoms with E-state index in [2.05, 4.69) is 21.2 Å². The molecule has 0 fully saturated rings. The molecule has 108 valence electrons. The molecule has 0 saturated heterocycles. The predicted octanol–water partition coefficient (Wildman–Crippen LogP) is 3.58. The van der Waals surface area contributed by atoms with Crippen LogP contribution in [0.2, 0.25) is 5.02 Å². The van der Waals surface area contributed by atoms with Gasteiger partial charge in [0.25, 0.3) is 0 Å². The minimum absolute atomic E-state index is 0.0124. The lowest BCUT2D eigenvalue weighted by atomic mass is 10.1. The molecule has 0 saturated carbocycles. The minimum atomic E-state index is -3.10. The molecule has 1 aromatic rings. The molecular weight excluding hydrogens is 350 g/mol. The van der Waals surface area contributed by atoms with Crippen LogP contribution in [0, 0.1) is 0 Å². The van der Waals surface area contributed by atoms with Gasteiger partial charge in [-0.3, -0.25) is 0 Å². The fourth-order valence-electron chi connectivity index (χ4n) is 1.49. The van der Waals surface area contributed by atoms with Crippen LogP contribution < -0.4 is 5.32 Å². The second-order valence-electron chi connectivity index (χ2n) is 5.30. The van der Waals surface area contributed by atoms with Crippen molar-refractivity contribution in [2.75, 3.05) is 12.8 Å². The number of halogens is 2. The summed E-state index contributed by atoms with van der Waals surface area (Å²) in [6.45, 7) is 5.77. The van der Waals surface area contributed by atoms with Crippen molar-refractivity contribution in [2.24, 2.45) is 0 Å². The Morgan fingerprint density at radius 1 is 1.42 bits per heavy atom. The molecule has 0 bridgehead atoms. The molecule has 1 atom stereocenters. The first kappa shape index (κ1) is 17.0. The van der Waals surface area contributed by atoms with Gasteiger partial charge in [0.15, 0.2) is 9.84 Å². The topological polar surface area (TPSA) is 46.2 Å². The van der Waals surface area contributed by atoms with Crippen LogP contribution in [-0.2, 0) is 9.84 Å². The van der Waals surface area contributed by atoms with Crippen molar-refractivity contribution in [3.8, 4) is 0 Å². The summed E-state index contributed by atoms with van der Waals surface area (Å²) in [5.74, 6) is 0. The third-order valence-electron chi connectivity index (χ3n) is 3.27. The Hall–Kier alpha value is -0.100. The van der Waals surface area contributed by atoms with Gasteiger partial charge in [-0.2, -0.15) is 0 Å². The highest BCUT2D eigenvalue weighted by atomic mass is 79.9. The molecule has 0 aliphatic heterocycles. The molecule has 3 nitrogen and oxygen atoms in total.